The maximum atomic E-state index is 12.6. The van der Waals surface area contributed by atoms with E-state index in [4.69, 9.17) is 4.74 Å². The molecule has 0 spiro atoms. The van der Waals surface area contributed by atoms with E-state index < -0.39 is 0 Å². The van der Waals surface area contributed by atoms with Crippen LogP contribution < -0.4 is 10.1 Å². The predicted molar refractivity (Wildman–Crippen MR) is 88.4 cm³/mol. The van der Waals surface area contributed by atoms with Crippen LogP contribution in [0.5, 0.6) is 5.75 Å². The minimum Gasteiger partial charge on any atom is -0.496 e. The zero-order chi connectivity index (χ0) is 16.8. The molecule has 0 aliphatic rings. The van der Waals surface area contributed by atoms with Crippen molar-refractivity contribution in [2.24, 2.45) is 5.92 Å². The van der Waals surface area contributed by atoms with Gasteiger partial charge in [-0.3, -0.25) is 9.89 Å². The Morgan fingerprint density at radius 3 is 2.83 bits per heavy atom. The summed E-state index contributed by atoms with van der Waals surface area (Å²) in [4.78, 5) is 12.6. The molecular weight excluding hydrogens is 294 g/mol. The molecule has 3 N–H and O–H groups in total. The van der Waals surface area contributed by atoms with Gasteiger partial charge in [-0.15, -0.1) is 0 Å². The van der Waals surface area contributed by atoms with Crippen molar-refractivity contribution in [3.05, 3.63) is 36.0 Å². The van der Waals surface area contributed by atoms with Crippen molar-refractivity contribution in [3.63, 3.8) is 0 Å². The van der Waals surface area contributed by atoms with Crippen LogP contribution in [0.1, 0.15) is 30.6 Å². The second-order valence-electron chi connectivity index (χ2n) is 5.51. The van der Waals surface area contributed by atoms with Crippen molar-refractivity contribution in [2.45, 2.75) is 26.3 Å². The summed E-state index contributed by atoms with van der Waals surface area (Å²) in [7, 11) is 1.58. The number of nitrogens with one attached hydrogen (secondary N) is 2. The predicted octanol–water partition coefficient (Wildman–Crippen LogP) is 2.22. The summed E-state index contributed by atoms with van der Waals surface area (Å²) in [5, 5.41) is 19.2. The van der Waals surface area contributed by atoms with Crippen molar-refractivity contribution in [1.82, 2.24) is 15.5 Å². The number of hydrogen-bond acceptors (Lipinski definition) is 4. The van der Waals surface area contributed by atoms with Crippen LogP contribution in [0, 0.1) is 5.92 Å². The average molecular weight is 317 g/mol. The van der Waals surface area contributed by atoms with Crippen LogP contribution in [0.15, 0.2) is 30.5 Å². The van der Waals surface area contributed by atoms with E-state index in [0.717, 1.165) is 12.0 Å². The molecule has 1 aromatic carbocycles. The first kappa shape index (κ1) is 17.0. The Morgan fingerprint density at radius 1 is 1.43 bits per heavy atom. The highest BCUT2D eigenvalue weighted by atomic mass is 16.5. The molecule has 2 aromatic rings. The molecule has 1 aromatic heterocycles. The summed E-state index contributed by atoms with van der Waals surface area (Å²) in [6.45, 7) is 3.93. The molecule has 6 heteroatoms. The van der Waals surface area contributed by atoms with Gasteiger partial charge in [0, 0.05) is 5.56 Å². The van der Waals surface area contributed by atoms with Gasteiger partial charge in [0.05, 0.1) is 37.2 Å². The number of aromatic amines is 1. The number of carbonyl (C=O) groups is 1. The minimum absolute atomic E-state index is 0.0947. The highest BCUT2D eigenvalue weighted by Crippen LogP contribution is 2.30. The van der Waals surface area contributed by atoms with Gasteiger partial charge in [-0.2, -0.15) is 5.10 Å². The van der Waals surface area contributed by atoms with Crippen LogP contribution in [-0.2, 0) is 0 Å². The number of aliphatic hydroxyl groups is 1. The molecule has 0 bridgehead atoms. The van der Waals surface area contributed by atoms with Crippen molar-refractivity contribution in [3.8, 4) is 17.0 Å². The molecule has 23 heavy (non-hydrogen) atoms. The Labute approximate surface area is 135 Å². The number of ether oxygens (including phenoxy) is 1. The number of carbonyl (C=O) groups excluding carboxylic acids is 1. The Hall–Kier alpha value is -2.34. The largest absolute Gasteiger partial charge is 0.496 e. The van der Waals surface area contributed by atoms with Gasteiger partial charge in [0.2, 0.25) is 0 Å². The molecule has 0 aliphatic carbocycles. The van der Waals surface area contributed by atoms with Crippen LogP contribution in [0.4, 0.5) is 0 Å². The Balaban J connectivity index is 2.28. The maximum absolute atomic E-state index is 12.6. The number of aromatic nitrogens is 2. The number of nitrogens with zero attached hydrogens (tertiary/aromatic N) is 1. The molecule has 0 aliphatic heterocycles. The summed E-state index contributed by atoms with van der Waals surface area (Å²) in [5.74, 6) is 0.580. The first-order valence-corrected chi connectivity index (χ1v) is 7.70. The fraction of sp³-hybridized carbons (Fsp3) is 0.412. The normalized spacial score (nSPS) is 13.4. The van der Waals surface area contributed by atoms with E-state index in [0.29, 0.717) is 17.0 Å². The third-order valence-electron chi connectivity index (χ3n) is 4.10. The molecule has 124 valence electrons. The molecule has 0 saturated heterocycles. The number of amides is 1. The molecule has 0 radical (unpaired) electrons. The standard InChI is InChI=1S/C17H23N3O3/c1-4-11(2)14(10-21)19-17(22)13-9-18-20-16(13)12-7-5-6-8-15(12)23-3/h5-9,11,14,21H,4,10H2,1-3H3,(H,18,20)(H,19,22)/t11-,14+/m0/s1. The summed E-state index contributed by atoms with van der Waals surface area (Å²) in [6.07, 6.45) is 2.36. The summed E-state index contributed by atoms with van der Waals surface area (Å²) in [5.41, 5.74) is 1.79. The van der Waals surface area contributed by atoms with Crippen LogP contribution in [0.25, 0.3) is 11.3 Å². The number of benzene rings is 1. The SMILES string of the molecule is CC[C@H](C)[C@@H](CO)NC(=O)c1cn[nH]c1-c1ccccc1OC. The zero-order valence-corrected chi connectivity index (χ0v) is 13.7. The number of hydrogen-bond donors (Lipinski definition) is 3. The minimum atomic E-state index is -0.284. The second kappa shape index (κ2) is 7.78. The topological polar surface area (TPSA) is 87.2 Å². The van der Waals surface area contributed by atoms with Gasteiger partial charge in [0.1, 0.15) is 5.75 Å². The highest BCUT2D eigenvalue weighted by Gasteiger charge is 2.22. The van der Waals surface area contributed by atoms with E-state index in [2.05, 4.69) is 15.5 Å². The highest BCUT2D eigenvalue weighted by molar-refractivity contribution is 6.00. The molecule has 1 amide bonds. The molecule has 0 unspecified atom stereocenters. The quantitative estimate of drug-likeness (QED) is 0.731. The number of H-pyrrole nitrogens is 1. The van der Waals surface area contributed by atoms with Gasteiger partial charge in [0.25, 0.3) is 5.91 Å². The maximum Gasteiger partial charge on any atom is 0.255 e. The fourth-order valence-electron chi connectivity index (χ4n) is 2.41. The molecular formula is C17H23N3O3. The zero-order valence-electron chi connectivity index (χ0n) is 13.7. The van der Waals surface area contributed by atoms with Gasteiger partial charge in [-0.25, -0.2) is 0 Å². The molecule has 1 heterocycles. The molecule has 0 fully saturated rings. The van der Waals surface area contributed by atoms with Crippen LogP contribution in [-0.4, -0.2) is 41.0 Å². The molecule has 2 rings (SSSR count). The summed E-state index contributed by atoms with van der Waals surface area (Å²) in [6, 6.07) is 7.14. The Kier molecular flexibility index (Phi) is 5.76. The third-order valence-corrected chi connectivity index (χ3v) is 4.10. The first-order valence-electron chi connectivity index (χ1n) is 7.70. The lowest BCUT2D eigenvalue weighted by atomic mass is 9.99. The van der Waals surface area contributed by atoms with Crippen LogP contribution in [0.3, 0.4) is 0 Å². The van der Waals surface area contributed by atoms with Gasteiger partial charge in [-0.05, 0) is 18.1 Å². The number of methoxy groups -OCH3 is 1. The van der Waals surface area contributed by atoms with Crippen molar-refractivity contribution in [1.29, 1.82) is 0 Å². The second-order valence-corrected chi connectivity index (χ2v) is 5.51. The van der Waals surface area contributed by atoms with Gasteiger partial charge >= 0.3 is 0 Å². The van der Waals surface area contributed by atoms with Crippen molar-refractivity contribution in [2.75, 3.05) is 13.7 Å². The molecule has 0 saturated carbocycles. The lowest BCUT2D eigenvalue weighted by Gasteiger charge is -2.22. The van der Waals surface area contributed by atoms with Gasteiger partial charge < -0.3 is 15.2 Å². The van der Waals surface area contributed by atoms with E-state index >= 15 is 0 Å². The summed E-state index contributed by atoms with van der Waals surface area (Å²) >= 11 is 0. The fourth-order valence-corrected chi connectivity index (χ4v) is 2.41. The van der Waals surface area contributed by atoms with Crippen LogP contribution in [0.2, 0.25) is 0 Å². The Bertz CT molecular complexity index is 654. The molecule has 6 nitrogen and oxygen atoms in total. The van der Waals surface area contributed by atoms with Gasteiger partial charge in [-0.1, -0.05) is 32.4 Å². The summed E-state index contributed by atoms with van der Waals surface area (Å²) < 4.78 is 5.34. The molecule has 2 atom stereocenters. The average Bonchev–Trinajstić information content (AvgIpc) is 3.08. The van der Waals surface area contributed by atoms with Crippen LogP contribution >= 0.6 is 0 Å². The van der Waals surface area contributed by atoms with Gasteiger partial charge in [0.15, 0.2) is 0 Å². The third kappa shape index (κ3) is 3.71. The van der Waals surface area contributed by atoms with E-state index in [1.807, 2.05) is 38.1 Å². The van der Waals surface area contributed by atoms with E-state index in [1.165, 1.54) is 6.20 Å². The lowest BCUT2D eigenvalue weighted by molar-refractivity contribution is 0.0892. The monoisotopic (exact) mass is 317 g/mol. The number of para-hydroxylation sites is 1. The van der Waals surface area contributed by atoms with Crippen molar-refractivity contribution < 1.29 is 14.6 Å². The van der Waals surface area contributed by atoms with Crippen molar-refractivity contribution >= 4 is 5.91 Å². The first-order chi connectivity index (χ1) is 11.1. The van der Waals surface area contributed by atoms with E-state index in [9.17, 15) is 9.90 Å². The smallest absolute Gasteiger partial charge is 0.255 e. The number of aliphatic hydroxyl groups excluding tert-OH is 1. The van der Waals surface area contributed by atoms with E-state index in [1.54, 1.807) is 7.11 Å². The Morgan fingerprint density at radius 2 is 2.17 bits per heavy atom. The lowest BCUT2D eigenvalue weighted by Crippen LogP contribution is -2.41. The number of rotatable bonds is 7. The van der Waals surface area contributed by atoms with E-state index in [-0.39, 0.29) is 24.5 Å².